The molecular formula is C20H21ClFN3O3S. The van der Waals surface area contributed by atoms with Gasteiger partial charge in [0.05, 0.1) is 24.4 Å². The third kappa shape index (κ3) is 5.90. The third-order valence-electron chi connectivity index (χ3n) is 3.92. The molecule has 0 atom stereocenters. The second-order valence-corrected chi connectivity index (χ2v) is 7.07. The van der Waals surface area contributed by atoms with Gasteiger partial charge in [-0.1, -0.05) is 0 Å². The van der Waals surface area contributed by atoms with Crippen LogP contribution in [0.1, 0.15) is 26.6 Å². The minimum Gasteiger partial charge on any atom is -0.493 e. The zero-order valence-electron chi connectivity index (χ0n) is 15.9. The summed E-state index contributed by atoms with van der Waals surface area (Å²) in [4.78, 5) is 16.8. The Morgan fingerprint density at radius 2 is 2.03 bits per heavy atom. The Hall–Kier alpha value is -2.68. The van der Waals surface area contributed by atoms with Gasteiger partial charge in [0.2, 0.25) is 0 Å². The van der Waals surface area contributed by atoms with Crippen LogP contribution < -0.4 is 20.5 Å². The van der Waals surface area contributed by atoms with Crippen LogP contribution in [0.4, 0.5) is 4.39 Å². The highest BCUT2D eigenvalue weighted by Crippen LogP contribution is 2.33. The molecule has 0 saturated heterocycles. The number of benzene rings is 2. The molecule has 0 aliphatic heterocycles. The number of nitrogens with two attached hydrogens (primary N) is 1. The van der Waals surface area contributed by atoms with Crippen LogP contribution in [0.15, 0.2) is 41.8 Å². The first kappa shape index (κ1) is 22.6. The molecule has 3 N–H and O–H groups in total. The largest absolute Gasteiger partial charge is 0.493 e. The van der Waals surface area contributed by atoms with E-state index in [-0.39, 0.29) is 30.6 Å². The van der Waals surface area contributed by atoms with Crippen molar-refractivity contribution in [3.05, 3.63) is 69.4 Å². The van der Waals surface area contributed by atoms with Crippen molar-refractivity contribution in [3.63, 3.8) is 0 Å². The number of methoxy groups -OCH3 is 1. The van der Waals surface area contributed by atoms with Crippen molar-refractivity contribution in [1.82, 2.24) is 10.3 Å². The van der Waals surface area contributed by atoms with Crippen LogP contribution in [0.5, 0.6) is 17.2 Å². The van der Waals surface area contributed by atoms with Gasteiger partial charge in [-0.2, -0.15) is 0 Å². The number of ether oxygens (including phenoxy) is 2. The zero-order valence-corrected chi connectivity index (χ0v) is 17.5. The smallest absolute Gasteiger partial charge is 0.251 e. The molecule has 0 spiro atoms. The number of nitrogens with zero attached hydrogens (tertiary/aromatic N) is 1. The van der Waals surface area contributed by atoms with Gasteiger partial charge in [0.1, 0.15) is 11.6 Å². The summed E-state index contributed by atoms with van der Waals surface area (Å²) in [6, 6.07) is 9.03. The SMILES string of the molecule is COc1ccc(C(=O)NCc2csc(C)n2)cc1Oc1cc(F)cc(CN)c1.Cl. The molecule has 1 amide bonds. The molecule has 0 bridgehead atoms. The molecule has 1 aromatic heterocycles. The van der Waals surface area contributed by atoms with E-state index in [0.29, 0.717) is 29.2 Å². The number of hydrogen-bond donors (Lipinski definition) is 2. The minimum atomic E-state index is -0.454. The minimum absolute atomic E-state index is 0. The second kappa shape index (κ2) is 10.2. The van der Waals surface area contributed by atoms with Crippen LogP contribution >= 0.6 is 23.7 Å². The predicted octanol–water partition coefficient (Wildman–Crippen LogP) is 4.20. The summed E-state index contributed by atoms with van der Waals surface area (Å²) in [5, 5.41) is 5.66. The summed E-state index contributed by atoms with van der Waals surface area (Å²) in [5.74, 6) is 0.261. The van der Waals surface area contributed by atoms with Crippen LogP contribution in [0.2, 0.25) is 0 Å². The fourth-order valence-corrected chi connectivity index (χ4v) is 3.20. The van der Waals surface area contributed by atoms with Crippen LogP contribution in [-0.2, 0) is 13.1 Å². The van der Waals surface area contributed by atoms with Crippen molar-refractivity contribution >= 4 is 29.7 Å². The lowest BCUT2D eigenvalue weighted by Gasteiger charge is -2.13. The summed E-state index contributed by atoms with van der Waals surface area (Å²) >= 11 is 1.53. The van der Waals surface area contributed by atoms with Crippen molar-refractivity contribution < 1.29 is 18.7 Å². The number of nitrogens with one attached hydrogen (secondary N) is 1. The number of carbonyl (C=O) groups is 1. The molecule has 29 heavy (non-hydrogen) atoms. The van der Waals surface area contributed by atoms with E-state index in [0.717, 1.165) is 10.7 Å². The summed E-state index contributed by atoms with van der Waals surface area (Å²) in [6.45, 7) is 2.42. The molecule has 2 aromatic carbocycles. The molecule has 3 rings (SSSR count). The zero-order chi connectivity index (χ0) is 20.1. The van der Waals surface area contributed by atoms with E-state index >= 15 is 0 Å². The Balaban J connectivity index is 0.00000300. The molecular weight excluding hydrogens is 417 g/mol. The molecule has 3 aromatic rings. The monoisotopic (exact) mass is 437 g/mol. The number of amides is 1. The lowest BCUT2D eigenvalue weighted by atomic mass is 10.1. The summed E-state index contributed by atoms with van der Waals surface area (Å²) in [5.41, 5.74) is 7.37. The molecule has 6 nitrogen and oxygen atoms in total. The topological polar surface area (TPSA) is 86.5 Å². The number of aryl methyl sites for hydroxylation is 1. The van der Waals surface area contributed by atoms with E-state index in [9.17, 15) is 9.18 Å². The van der Waals surface area contributed by atoms with Gasteiger partial charge >= 0.3 is 0 Å². The first-order valence-corrected chi connectivity index (χ1v) is 9.41. The molecule has 154 valence electrons. The Kier molecular flexibility index (Phi) is 7.95. The van der Waals surface area contributed by atoms with Crippen LogP contribution in [0, 0.1) is 12.7 Å². The highest BCUT2D eigenvalue weighted by atomic mass is 35.5. The molecule has 0 aliphatic rings. The predicted molar refractivity (Wildman–Crippen MR) is 113 cm³/mol. The molecule has 1 heterocycles. The highest BCUT2D eigenvalue weighted by Gasteiger charge is 2.13. The van der Waals surface area contributed by atoms with Crippen LogP contribution in [0.25, 0.3) is 0 Å². The number of thiazole rings is 1. The van der Waals surface area contributed by atoms with Crippen LogP contribution in [0.3, 0.4) is 0 Å². The molecule has 9 heteroatoms. The number of rotatable bonds is 7. The van der Waals surface area contributed by atoms with Gasteiger partial charge in [0.25, 0.3) is 5.91 Å². The van der Waals surface area contributed by atoms with Crippen molar-refractivity contribution in [2.45, 2.75) is 20.0 Å². The standard InChI is InChI=1S/C20H20FN3O3S.ClH/c1-12-24-16(11-28-12)10-23-20(25)14-3-4-18(26-2)19(7-14)27-17-6-13(9-22)5-15(21)8-17;/h3-8,11H,9-10,22H2,1-2H3,(H,23,25);1H. The van der Waals surface area contributed by atoms with Crippen molar-refractivity contribution in [2.24, 2.45) is 5.73 Å². The first-order valence-electron chi connectivity index (χ1n) is 8.53. The molecule has 0 fully saturated rings. The van der Waals surface area contributed by atoms with E-state index < -0.39 is 5.82 Å². The quantitative estimate of drug-likeness (QED) is 0.578. The molecule has 0 radical (unpaired) electrons. The highest BCUT2D eigenvalue weighted by molar-refractivity contribution is 7.09. The summed E-state index contributed by atoms with van der Waals surface area (Å²) in [6.07, 6.45) is 0. The lowest BCUT2D eigenvalue weighted by molar-refractivity contribution is 0.0950. The molecule has 0 saturated carbocycles. The van der Waals surface area contributed by atoms with E-state index in [1.54, 1.807) is 24.3 Å². The van der Waals surface area contributed by atoms with Gasteiger partial charge in [0.15, 0.2) is 11.5 Å². The fourth-order valence-electron chi connectivity index (χ4n) is 2.58. The Labute approximate surface area is 178 Å². The molecule has 0 unspecified atom stereocenters. The Morgan fingerprint density at radius 3 is 2.69 bits per heavy atom. The lowest BCUT2D eigenvalue weighted by Crippen LogP contribution is -2.23. The average molecular weight is 438 g/mol. The first-order chi connectivity index (χ1) is 13.5. The van der Waals surface area contributed by atoms with Gasteiger partial charge in [-0.15, -0.1) is 23.7 Å². The van der Waals surface area contributed by atoms with Crippen molar-refractivity contribution in [3.8, 4) is 17.2 Å². The summed E-state index contributed by atoms with van der Waals surface area (Å²) in [7, 11) is 1.49. The van der Waals surface area contributed by atoms with Crippen molar-refractivity contribution in [1.29, 1.82) is 0 Å². The van der Waals surface area contributed by atoms with E-state index in [1.165, 1.54) is 30.6 Å². The maximum Gasteiger partial charge on any atom is 0.251 e. The van der Waals surface area contributed by atoms with Gasteiger partial charge in [-0.05, 0) is 42.8 Å². The van der Waals surface area contributed by atoms with Crippen LogP contribution in [-0.4, -0.2) is 18.0 Å². The average Bonchev–Trinajstić information content (AvgIpc) is 3.10. The van der Waals surface area contributed by atoms with Crippen molar-refractivity contribution in [2.75, 3.05) is 7.11 Å². The Morgan fingerprint density at radius 1 is 1.24 bits per heavy atom. The summed E-state index contributed by atoms with van der Waals surface area (Å²) < 4.78 is 24.8. The van der Waals surface area contributed by atoms with Gasteiger partial charge in [0, 0.05) is 23.6 Å². The van der Waals surface area contributed by atoms with E-state index in [4.69, 9.17) is 15.2 Å². The van der Waals surface area contributed by atoms with Gasteiger partial charge in [-0.3, -0.25) is 4.79 Å². The number of hydrogen-bond acceptors (Lipinski definition) is 6. The van der Waals surface area contributed by atoms with E-state index in [1.807, 2.05) is 12.3 Å². The maximum atomic E-state index is 13.7. The maximum absolute atomic E-state index is 13.7. The normalized spacial score (nSPS) is 10.2. The molecule has 0 aliphatic carbocycles. The number of aromatic nitrogens is 1. The third-order valence-corrected chi connectivity index (χ3v) is 4.74. The van der Waals surface area contributed by atoms with E-state index in [2.05, 4.69) is 10.3 Å². The number of halogens is 2. The number of carbonyl (C=O) groups excluding carboxylic acids is 1. The van der Waals surface area contributed by atoms with Gasteiger partial charge in [-0.25, -0.2) is 9.37 Å². The Bertz CT molecular complexity index is 997. The fraction of sp³-hybridized carbons (Fsp3) is 0.200. The van der Waals surface area contributed by atoms with Gasteiger partial charge < -0.3 is 20.5 Å². The second-order valence-electron chi connectivity index (χ2n) is 6.01.